The molecule has 0 radical (unpaired) electrons. The number of carbonyl (C=O) groups is 2. The van der Waals surface area contributed by atoms with Crippen molar-refractivity contribution in [3.63, 3.8) is 0 Å². The van der Waals surface area contributed by atoms with Crippen molar-refractivity contribution in [1.29, 1.82) is 0 Å². The molecule has 5 nitrogen and oxygen atoms in total. The average Bonchev–Trinajstić information content (AvgIpc) is 2.48. The van der Waals surface area contributed by atoms with Crippen molar-refractivity contribution in [2.24, 2.45) is 0 Å². The van der Waals surface area contributed by atoms with Crippen LogP contribution in [-0.4, -0.2) is 43.0 Å². The summed E-state index contributed by atoms with van der Waals surface area (Å²) < 4.78 is 0. The predicted molar refractivity (Wildman–Crippen MR) is 78.9 cm³/mol. The van der Waals surface area contributed by atoms with Crippen molar-refractivity contribution >= 4 is 17.6 Å². The Kier molecular flexibility index (Phi) is 4.62. The summed E-state index contributed by atoms with van der Waals surface area (Å²) >= 11 is 0. The maximum Gasteiger partial charge on any atom is 0.246 e. The molecule has 0 unspecified atom stereocenters. The lowest BCUT2D eigenvalue weighted by atomic mass is 10.1. The fourth-order valence-corrected chi connectivity index (χ4v) is 2.49. The van der Waals surface area contributed by atoms with E-state index in [0.29, 0.717) is 13.1 Å². The molecule has 0 aromatic heterocycles. The van der Waals surface area contributed by atoms with Gasteiger partial charge in [-0.2, -0.15) is 0 Å². The van der Waals surface area contributed by atoms with Gasteiger partial charge in [-0.3, -0.25) is 4.79 Å². The highest BCUT2D eigenvalue weighted by molar-refractivity contribution is 5.93. The van der Waals surface area contributed by atoms with Crippen molar-refractivity contribution in [3.05, 3.63) is 41.5 Å². The predicted octanol–water partition coefficient (Wildman–Crippen LogP) is 0.258. The number of aryl methyl sites for hydroxylation is 1. The molecule has 0 aliphatic carbocycles. The van der Waals surface area contributed by atoms with Crippen LogP contribution in [-0.2, 0) is 9.59 Å². The Balaban J connectivity index is 1.99. The Morgan fingerprint density at radius 2 is 1.76 bits per heavy atom. The first kappa shape index (κ1) is 15.1. The van der Waals surface area contributed by atoms with Crippen LogP contribution in [0.3, 0.4) is 0 Å². The van der Waals surface area contributed by atoms with Gasteiger partial charge in [-0.25, -0.2) is 0 Å². The van der Waals surface area contributed by atoms with Crippen LogP contribution in [0.4, 0.5) is 5.69 Å². The van der Waals surface area contributed by atoms with Crippen molar-refractivity contribution in [2.75, 3.05) is 31.1 Å². The molecule has 1 aromatic rings. The third-order valence-corrected chi connectivity index (χ3v) is 3.87. The highest BCUT2D eigenvalue weighted by atomic mass is 16.4. The summed E-state index contributed by atoms with van der Waals surface area (Å²) in [5.41, 5.74) is 3.71. The monoisotopic (exact) mass is 287 g/mol. The number of carboxylic acids is 1. The Morgan fingerprint density at radius 3 is 2.38 bits per heavy atom. The molecule has 1 heterocycles. The molecule has 112 valence electrons. The number of amides is 1. The molecular weight excluding hydrogens is 268 g/mol. The number of carboxylic acid groups (broad SMARTS) is 1. The Morgan fingerprint density at radius 1 is 1.10 bits per heavy atom. The first-order valence-electron chi connectivity index (χ1n) is 6.98. The second-order valence-corrected chi connectivity index (χ2v) is 5.18. The second kappa shape index (κ2) is 6.43. The smallest absolute Gasteiger partial charge is 0.246 e. The zero-order valence-corrected chi connectivity index (χ0v) is 12.3. The number of hydrogen-bond donors (Lipinski definition) is 0. The Labute approximate surface area is 124 Å². The molecule has 0 saturated carbocycles. The lowest BCUT2D eigenvalue weighted by Crippen LogP contribution is -2.48. The zero-order valence-electron chi connectivity index (χ0n) is 12.3. The fourth-order valence-electron chi connectivity index (χ4n) is 2.49. The molecule has 0 bridgehead atoms. The maximum absolute atomic E-state index is 11.8. The molecule has 1 aliphatic heterocycles. The molecule has 1 aromatic carbocycles. The van der Waals surface area contributed by atoms with Gasteiger partial charge >= 0.3 is 0 Å². The number of carbonyl (C=O) groups excluding carboxylic acids is 2. The Bertz CT molecular complexity index is 573. The molecular formula is C16H19N2O3-. The number of benzene rings is 1. The summed E-state index contributed by atoms with van der Waals surface area (Å²) in [5, 5.41) is 10.3. The van der Waals surface area contributed by atoms with Crippen molar-refractivity contribution in [2.45, 2.75) is 13.8 Å². The summed E-state index contributed by atoms with van der Waals surface area (Å²) in [6.07, 6.45) is 1.84. The van der Waals surface area contributed by atoms with Crippen LogP contribution in [0.25, 0.3) is 0 Å². The average molecular weight is 287 g/mol. The largest absolute Gasteiger partial charge is 0.545 e. The normalized spacial score (nSPS) is 15.5. The Hall–Kier alpha value is -2.30. The van der Waals surface area contributed by atoms with E-state index in [1.165, 1.54) is 16.8 Å². The first-order valence-corrected chi connectivity index (χ1v) is 6.98. The minimum absolute atomic E-state index is 0.278. The molecule has 1 aliphatic rings. The molecule has 21 heavy (non-hydrogen) atoms. The van der Waals surface area contributed by atoms with Gasteiger partial charge in [-0.15, -0.1) is 0 Å². The van der Waals surface area contributed by atoms with E-state index >= 15 is 0 Å². The van der Waals surface area contributed by atoms with E-state index in [2.05, 4.69) is 30.9 Å². The van der Waals surface area contributed by atoms with Crippen LogP contribution in [0.1, 0.15) is 11.1 Å². The molecule has 0 N–H and O–H groups in total. The third kappa shape index (κ3) is 3.62. The summed E-state index contributed by atoms with van der Waals surface area (Å²) in [6, 6.07) is 6.22. The van der Waals surface area contributed by atoms with E-state index < -0.39 is 5.97 Å². The highest BCUT2D eigenvalue weighted by Crippen LogP contribution is 2.23. The highest BCUT2D eigenvalue weighted by Gasteiger charge is 2.20. The fraction of sp³-hybridized carbons (Fsp3) is 0.375. The van der Waals surface area contributed by atoms with E-state index in [4.69, 9.17) is 0 Å². The maximum atomic E-state index is 11.8. The summed E-state index contributed by atoms with van der Waals surface area (Å²) in [5.74, 6) is -1.63. The number of nitrogens with zero attached hydrogens (tertiary/aromatic N) is 2. The van der Waals surface area contributed by atoms with Gasteiger partial charge in [0.25, 0.3) is 0 Å². The second-order valence-electron chi connectivity index (χ2n) is 5.18. The van der Waals surface area contributed by atoms with Crippen LogP contribution >= 0.6 is 0 Å². The van der Waals surface area contributed by atoms with E-state index in [9.17, 15) is 14.7 Å². The summed E-state index contributed by atoms with van der Waals surface area (Å²) in [4.78, 5) is 26.0. The minimum Gasteiger partial charge on any atom is -0.545 e. The standard InChI is InChI=1S/C16H20N2O3/c1-12-4-3-5-14(13(12)2)17-8-10-18(11-9-17)15(19)6-7-16(20)21/h3-7H,8-11H2,1-2H3,(H,20,21)/p-1. The number of anilines is 1. The SMILES string of the molecule is Cc1cccc(N2CCN(C(=O)C=CC(=O)[O-])CC2)c1C. The quantitative estimate of drug-likeness (QED) is 0.748. The van der Waals surface area contributed by atoms with E-state index in [-0.39, 0.29) is 5.91 Å². The molecule has 1 saturated heterocycles. The van der Waals surface area contributed by atoms with Gasteiger partial charge in [0, 0.05) is 37.9 Å². The van der Waals surface area contributed by atoms with Crippen LogP contribution in [0.15, 0.2) is 30.4 Å². The van der Waals surface area contributed by atoms with E-state index in [1.54, 1.807) is 4.90 Å². The lowest BCUT2D eigenvalue weighted by Gasteiger charge is -2.36. The molecule has 0 atom stereocenters. The molecule has 0 spiro atoms. The van der Waals surface area contributed by atoms with Crippen LogP contribution < -0.4 is 10.0 Å². The van der Waals surface area contributed by atoms with Crippen molar-refractivity contribution < 1.29 is 14.7 Å². The van der Waals surface area contributed by atoms with Gasteiger partial charge in [-0.1, -0.05) is 12.1 Å². The molecule has 5 heteroatoms. The molecule has 1 fully saturated rings. The number of hydrogen-bond acceptors (Lipinski definition) is 4. The van der Waals surface area contributed by atoms with Crippen LogP contribution in [0.2, 0.25) is 0 Å². The topological polar surface area (TPSA) is 63.7 Å². The van der Waals surface area contributed by atoms with Crippen molar-refractivity contribution in [3.8, 4) is 0 Å². The van der Waals surface area contributed by atoms with E-state index in [0.717, 1.165) is 25.2 Å². The minimum atomic E-state index is -1.35. The first-order chi connectivity index (χ1) is 9.99. The molecule has 1 amide bonds. The number of aliphatic carboxylic acids is 1. The van der Waals surface area contributed by atoms with Gasteiger partial charge in [0.1, 0.15) is 0 Å². The zero-order chi connectivity index (χ0) is 15.4. The van der Waals surface area contributed by atoms with Gasteiger partial charge in [0.2, 0.25) is 5.91 Å². The van der Waals surface area contributed by atoms with Gasteiger partial charge in [0.15, 0.2) is 0 Å². The molecule has 2 rings (SSSR count). The van der Waals surface area contributed by atoms with E-state index in [1.807, 2.05) is 6.07 Å². The van der Waals surface area contributed by atoms with Gasteiger partial charge in [-0.05, 0) is 37.1 Å². The summed E-state index contributed by atoms with van der Waals surface area (Å²) in [7, 11) is 0. The van der Waals surface area contributed by atoms with Crippen LogP contribution in [0, 0.1) is 13.8 Å². The van der Waals surface area contributed by atoms with Gasteiger partial charge < -0.3 is 19.7 Å². The number of piperazine rings is 1. The lowest BCUT2D eigenvalue weighted by molar-refractivity contribution is -0.297. The number of rotatable bonds is 3. The van der Waals surface area contributed by atoms with Crippen molar-refractivity contribution in [1.82, 2.24) is 4.90 Å². The van der Waals surface area contributed by atoms with Crippen LogP contribution in [0.5, 0.6) is 0 Å². The summed E-state index contributed by atoms with van der Waals surface area (Å²) in [6.45, 7) is 6.85. The van der Waals surface area contributed by atoms with Gasteiger partial charge in [0.05, 0.1) is 5.97 Å². The third-order valence-electron chi connectivity index (χ3n) is 3.87.